The van der Waals surface area contributed by atoms with Gasteiger partial charge in [0.15, 0.2) is 6.10 Å². The second kappa shape index (κ2) is 7.92. The number of hydrogen-bond acceptors (Lipinski definition) is 2. The number of amides is 1. The van der Waals surface area contributed by atoms with Gasteiger partial charge in [0.2, 0.25) is 0 Å². The first-order valence-corrected chi connectivity index (χ1v) is 8.85. The Bertz CT molecular complexity index is 718. The van der Waals surface area contributed by atoms with Crippen molar-refractivity contribution in [3.8, 4) is 5.75 Å². The van der Waals surface area contributed by atoms with E-state index in [9.17, 15) is 4.79 Å². The third-order valence-electron chi connectivity index (χ3n) is 4.04. The monoisotopic (exact) mass is 359 g/mol. The molecule has 0 aliphatic heterocycles. The van der Waals surface area contributed by atoms with Crippen LogP contribution in [0.4, 0.5) is 0 Å². The van der Waals surface area contributed by atoms with Crippen LogP contribution in [0.2, 0.25) is 5.02 Å². The first-order chi connectivity index (χ1) is 11.7. The van der Waals surface area contributed by atoms with E-state index in [1.54, 1.807) is 6.92 Å². The molecule has 0 radical (unpaired) electrons. The molecule has 0 aliphatic carbocycles. The summed E-state index contributed by atoms with van der Waals surface area (Å²) in [6.45, 7) is 9.64. The van der Waals surface area contributed by atoms with Gasteiger partial charge in [-0.25, -0.2) is 0 Å². The summed E-state index contributed by atoms with van der Waals surface area (Å²) in [6.07, 6.45) is 0.167. The molecule has 4 heteroatoms. The quantitative estimate of drug-likeness (QED) is 0.799. The molecule has 0 spiro atoms. The molecule has 134 valence electrons. The number of hydrogen-bond donors (Lipinski definition) is 1. The number of halogens is 1. The molecule has 0 bridgehead atoms. The summed E-state index contributed by atoms with van der Waals surface area (Å²) in [5, 5.41) is 3.81. The molecule has 0 saturated heterocycles. The molecule has 0 heterocycles. The van der Waals surface area contributed by atoms with Crippen molar-refractivity contribution in [2.75, 3.05) is 0 Å². The maximum atomic E-state index is 12.5. The molecule has 0 saturated carbocycles. The Morgan fingerprint density at radius 1 is 1.16 bits per heavy atom. The van der Waals surface area contributed by atoms with Crippen LogP contribution in [0.3, 0.4) is 0 Å². The zero-order valence-corrected chi connectivity index (χ0v) is 16.3. The summed E-state index contributed by atoms with van der Waals surface area (Å²) in [7, 11) is 0. The van der Waals surface area contributed by atoms with Gasteiger partial charge in [-0.05, 0) is 69.9 Å². The predicted molar refractivity (Wildman–Crippen MR) is 103 cm³/mol. The van der Waals surface area contributed by atoms with Crippen LogP contribution >= 0.6 is 11.6 Å². The lowest BCUT2D eigenvalue weighted by atomic mass is 9.94. The maximum Gasteiger partial charge on any atom is 0.261 e. The number of nitrogens with one attached hydrogen (secondary N) is 1. The molecule has 25 heavy (non-hydrogen) atoms. The van der Waals surface area contributed by atoms with Gasteiger partial charge in [-0.1, -0.05) is 41.9 Å². The van der Waals surface area contributed by atoms with Gasteiger partial charge in [0.1, 0.15) is 5.75 Å². The van der Waals surface area contributed by atoms with Gasteiger partial charge in [-0.15, -0.1) is 0 Å². The second-order valence-corrected chi connectivity index (χ2v) is 7.54. The molecular weight excluding hydrogens is 334 g/mol. The summed E-state index contributed by atoms with van der Waals surface area (Å²) in [5.41, 5.74) is 2.70. The first-order valence-electron chi connectivity index (χ1n) is 8.47. The summed E-state index contributed by atoms with van der Waals surface area (Å²) >= 11 is 6.18. The average Bonchev–Trinajstić information content (AvgIpc) is 2.52. The molecule has 0 fully saturated rings. The fourth-order valence-corrected chi connectivity index (χ4v) is 2.93. The minimum Gasteiger partial charge on any atom is -0.481 e. The molecule has 1 unspecified atom stereocenters. The van der Waals surface area contributed by atoms with Gasteiger partial charge in [-0.2, -0.15) is 0 Å². The first kappa shape index (κ1) is 19.3. The Kier molecular flexibility index (Phi) is 6.12. The molecule has 0 aliphatic rings. The van der Waals surface area contributed by atoms with Crippen LogP contribution in [-0.4, -0.2) is 17.6 Å². The van der Waals surface area contributed by atoms with Crippen molar-refractivity contribution in [2.45, 2.75) is 52.7 Å². The Hall–Kier alpha value is -2.00. The van der Waals surface area contributed by atoms with E-state index in [2.05, 4.69) is 17.4 Å². The van der Waals surface area contributed by atoms with Gasteiger partial charge < -0.3 is 10.1 Å². The van der Waals surface area contributed by atoms with Crippen LogP contribution in [0.25, 0.3) is 0 Å². The van der Waals surface area contributed by atoms with Crippen LogP contribution in [0, 0.1) is 13.8 Å². The van der Waals surface area contributed by atoms with Crippen molar-refractivity contribution in [3.63, 3.8) is 0 Å². The van der Waals surface area contributed by atoms with Gasteiger partial charge in [-0.3, -0.25) is 4.79 Å². The number of carbonyl (C=O) groups excluding carboxylic acids is 1. The van der Waals surface area contributed by atoms with E-state index in [1.807, 2.05) is 58.0 Å². The molecule has 1 N–H and O–H groups in total. The van der Waals surface area contributed by atoms with Crippen LogP contribution in [0.5, 0.6) is 5.75 Å². The molecule has 2 rings (SSSR count). The highest BCUT2D eigenvalue weighted by atomic mass is 35.5. The molecular formula is C21H26ClNO2. The molecule has 0 aromatic heterocycles. The predicted octanol–water partition coefficient (Wildman–Crippen LogP) is 4.86. The minimum absolute atomic E-state index is 0.133. The summed E-state index contributed by atoms with van der Waals surface area (Å²) in [5.74, 6) is 0.522. The fraction of sp³-hybridized carbons (Fsp3) is 0.381. The van der Waals surface area contributed by atoms with E-state index in [1.165, 1.54) is 5.56 Å². The van der Waals surface area contributed by atoms with Crippen molar-refractivity contribution < 1.29 is 9.53 Å². The average molecular weight is 360 g/mol. The van der Waals surface area contributed by atoms with Crippen molar-refractivity contribution in [2.24, 2.45) is 0 Å². The van der Waals surface area contributed by atoms with E-state index < -0.39 is 6.10 Å². The smallest absolute Gasteiger partial charge is 0.261 e. The highest BCUT2D eigenvalue weighted by Gasteiger charge is 2.25. The van der Waals surface area contributed by atoms with Crippen molar-refractivity contribution in [1.82, 2.24) is 5.32 Å². The van der Waals surface area contributed by atoms with Crippen molar-refractivity contribution in [1.29, 1.82) is 0 Å². The second-order valence-electron chi connectivity index (χ2n) is 7.17. The molecule has 3 nitrogen and oxygen atoms in total. The van der Waals surface area contributed by atoms with Crippen LogP contribution in [0.1, 0.15) is 37.5 Å². The van der Waals surface area contributed by atoms with E-state index in [4.69, 9.17) is 16.3 Å². The van der Waals surface area contributed by atoms with Gasteiger partial charge in [0.25, 0.3) is 5.91 Å². The summed E-state index contributed by atoms with van der Waals surface area (Å²) in [4.78, 5) is 12.5. The van der Waals surface area contributed by atoms with Crippen LogP contribution in [-0.2, 0) is 11.2 Å². The van der Waals surface area contributed by atoms with Crippen LogP contribution < -0.4 is 10.1 Å². The number of aryl methyl sites for hydroxylation is 2. The normalized spacial score (nSPS) is 12.6. The summed E-state index contributed by atoms with van der Waals surface area (Å²) < 4.78 is 5.82. The zero-order chi connectivity index (χ0) is 18.6. The van der Waals surface area contributed by atoms with E-state index in [0.29, 0.717) is 5.75 Å². The van der Waals surface area contributed by atoms with Crippen LogP contribution in [0.15, 0.2) is 42.5 Å². The molecule has 1 amide bonds. The Morgan fingerprint density at radius 2 is 1.72 bits per heavy atom. The van der Waals surface area contributed by atoms with Gasteiger partial charge in [0.05, 0.1) is 0 Å². The molecule has 1 atom stereocenters. The number of carbonyl (C=O) groups is 1. The fourth-order valence-electron chi connectivity index (χ4n) is 2.82. The third kappa shape index (κ3) is 5.50. The number of rotatable bonds is 6. The third-order valence-corrected chi connectivity index (χ3v) is 4.64. The largest absolute Gasteiger partial charge is 0.481 e. The zero-order valence-electron chi connectivity index (χ0n) is 15.5. The van der Waals surface area contributed by atoms with Crippen molar-refractivity contribution in [3.05, 3.63) is 64.2 Å². The lowest BCUT2D eigenvalue weighted by Crippen LogP contribution is -2.49. The number of ether oxygens (including phenoxy) is 1. The lowest BCUT2D eigenvalue weighted by molar-refractivity contribution is -0.128. The maximum absolute atomic E-state index is 12.5. The SMILES string of the molecule is Cc1cc(OC(C)C(=O)NC(C)(C)Cc2ccccc2)cc(C)c1Cl. The molecule has 2 aromatic carbocycles. The topological polar surface area (TPSA) is 38.3 Å². The minimum atomic E-state index is -0.588. The van der Waals surface area contributed by atoms with E-state index in [-0.39, 0.29) is 11.4 Å². The van der Waals surface area contributed by atoms with Crippen molar-refractivity contribution >= 4 is 17.5 Å². The van der Waals surface area contributed by atoms with Gasteiger partial charge in [0, 0.05) is 10.6 Å². The molecule has 2 aromatic rings. The summed E-state index contributed by atoms with van der Waals surface area (Å²) in [6, 6.07) is 13.8. The Balaban J connectivity index is 2.00. The van der Waals surface area contributed by atoms with Gasteiger partial charge >= 0.3 is 0 Å². The Morgan fingerprint density at radius 3 is 2.28 bits per heavy atom. The van der Waals surface area contributed by atoms with E-state index in [0.717, 1.165) is 22.6 Å². The highest BCUT2D eigenvalue weighted by molar-refractivity contribution is 6.32. The Labute approximate surface area is 155 Å². The number of benzene rings is 2. The van der Waals surface area contributed by atoms with E-state index >= 15 is 0 Å². The lowest BCUT2D eigenvalue weighted by Gasteiger charge is -2.28. The standard InChI is InChI=1S/C21H26ClNO2/c1-14-11-18(12-15(2)19(14)22)25-16(3)20(24)23-21(4,5)13-17-9-7-6-8-10-17/h6-12,16H,13H2,1-5H3,(H,23,24). The highest BCUT2D eigenvalue weighted by Crippen LogP contribution is 2.26.